The molecule has 0 atom stereocenters. The maximum absolute atomic E-state index is 12.8. The average Bonchev–Trinajstić information content (AvgIpc) is 2.95. The number of carbonyl (C=O) groups is 1. The smallest absolute Gasteiger partial charge is 0.255 e. The third-order valence-electron chi connectivity index (χ3n) is 5.43. The number of carbonyl (C=O) groups excluding carboxylic acids is 1. The normalized spacial score (nSPS) is 15.8. The van der Waals surface area contributed by atoms with Crippen molar-refractivity contribution in [3.63, 3.8) is 0 Å². The van der Waals surface area contributed by atoms with Crippen LogP contribution >= 0.6 is 11.6 Å². The number of benzene rings is 2. The SMILES string of the molecule is Cc1ccnc(-c2cc(NC(=O)c3ccc(N4CCCCCS4(=O)=O)cc3)ccc2Cl)c1. The Hall–Kier alpha value is -2.90. The molecular formula is C24H24ClN3O3S. The Morgan fingerprint density at radius 3 is 2.56 bits per heavy atom. The lowest BCUT2D eigenvalue weighted by atomic mass is 10.1. The summed E-state index contributed by atoms with van der Waals surface area (Å²) in [7, 11) is -3.32. The number of sulfonamides is 1. The molecule has 1 aromatic heterocycles. The van der Waals surface area contributed by atoms with Crippen LogP contribution in [-0.4, -0.2) is 31.6 Å². The molecule has 1 amide bonds. The number of hydrogen-bond acceptors (Lipinski definition) is 4. The lowest BCUT2D eigenvalue weighted by Crippen LogP contribution is -2.32. The van der Waals surface area contributed by atoms with Gasteiger partial charge < -0.3 is 5.32 Å². The van der Waals surface area contributed by atoms with E-state index in [0.717, 1.165) is 29.7 Å². The van der Waals surface area contributed by atoms with Crippen LogP contribution < -0.4 is 9.62 Å². The Kier molecular flexibility index (Phi) is 6.48. The number of aryl methyl sites for hydroxylation is 1. The van der Waals surface area contributed by atoms with E-state index < -0.39 is 10.0 Å². The van der Waals surface area contributed by atoms with Gasteiger partial charge in [0.1, 0.15) is 0 Å². The van der Waals surface area contributed by atoms with Gasteiger partial charge in [-0.3, -0.25) is 14.1 Å². The molecule has 6 nitrogen and oxygen atoms in total. The van der Waals surface area contributed by atoms with Gasteiger partial charge in [0.25, 0.3) is 5.91 Å². The Morgan fingerprint density at radius 1 is 1.03 bits per heavy atom. The first-order valence-electron chi connectivity index (χ1n) is 10.5. The van der Waals surface area contributed by atoms with Crippen LogP contribution in [0.5, 0.6) is 0 Å². The first-order chi connectivity index (χ1) is 15.3. The van der Waals surface area contributed by atoms with E-state index in [-0.39, 0.29) is 11.7 Å². The van der Waals surface area contributed by atoms with E-state index in [1.54, 1.807) is 48.7 Å². The molecule has 0 radical (unpaired) electrons. The number of pyridine rings is 1. The van der Waals surface area contributed by atoms with Gasteiger partial charge in [-0.2, -0.15) is 0 Å². The average molecular weight is 470 g/mol. The summed E-state index contributed by atoms with van der Waals surface area (Å²) in [5, 5.41) is 3.42. The van der Waals surface area contributed by atoms with Crippen LogP contribution in [-0.2, 0) is 10.0 Å². The van der Waals surface area contributed by atoms with Crippen molar-refractivity contribution in [3.05, 3.63) is 76.9 Å². The minimum Gasteiger partial charge on any atom is -0.322 e. The number of nitrogens with zero attached hydrogens (tertiary/aromatic N) is 2. The summed E-state index contributed by atoms with van der Waals surface area (Å²) >= 11 is 6.36. The van der Waals surface area contributed by atoms with Crippen molar-refractivity contribution in [1.29, 1.82) is 0 Å². The number of halogens is 1. The molecule has 1 fully saturated rings. The molecule has 1 saturated heterocycles. The van der Waals surface area contributed by atoms with Gasteiger partial charge in [-0.05, 0) is 79.9 Å². The number of rotatable bonds is 4. The van der Waals surface area contributed by atoms with Crippen molar-refractivity contribution in [2.45, 2.75) is 26.2 Å². The van der Waals surface area contributed by atoms with E-state index in [1.807, 2.05) is 19.1 Å². The lowest BCUT2D eigenvalue weighted by Gasteiger charge is -2.22. The summed E-state index contributed by atoms with van der Waals surface area (Å²) in [4.78, 5) is 17.1. The highest BCUT2D eigenvalue weighted by Gasteiger charge is 2.24. The van der Waals surface area contributed by atoms with Gasteiger partial charge >= 0.3 is 0 Å². The van der Waals surface area contributed by atoms with Crippen LogP contribution in [0.4, 0.5) is 11.4 Å². The Labute approximate surface area is 193 Å². The van der Waals surface area contributed by atoms with Crippen molar-refractivity contribution in [3.8, 4) is 11.3 Å². The molecule has 8 heteroatoms. The van der Waals surface area contributed by atoms with Crippen LogP contribution in [0.3, 0.4) is 0 Å². The van der Waals surface area contributed by atoms with E-state index >= 15 is 0 Å². The zero-order valence-electron chi connectivity index (χ0n) is 17.7. The number of hydrogen-bond donors (Lipinski definition) is 1. The van der Waals surface area contributed by atoms with Gasteiger partial charge in [0.15, 0.2) is 0 Å². The van der Waals surface area contributed by atoms with Crippen molar-refractivity contribution in [2.75, 3.05) is 21.9 Å². The van der Waals surface area contributed by atoms with E-state index in [4.69, 9.17) is 11.6 Å². The fraction of sp³-hybridized carbons (Fsp3) is 0.250. The third-order valence-corrected chi connectivity index (χ3v) is 7.63. The molecule has 0 unspecified atom stereocenters. The van der Waals surface area contributed by atoms with E-state index in [1.165, 1.54) is 4.31 Å². The molecule has 0 bridgehead atoms. The Balaban J connectivity index is 1.53. The Morgan fingerprint density at radius 2 is 1.81 bits per heavy atom. The zero-order valence-corrected chi connectivity index (χ0v) is 19.3. The van der Waals surface area contributed by atoms with Crippen LogP contribution in [0, 0.1) is 6.92 Å². The molecule has 1 N–H and O–H groups in total. The highest BCUT2D eigenvalue weighted by molar-refractivity contribution is 7.92. The summed E-state index contributed by atoms with van der Waals surface area (Å²) in [6.45, 7) is 2.44. The van der Waals surface area contributed by atoms with Crippen LogP contribution in [0.25, 0.3) is 11.3 Å². The molecule has 3 aromatic rings. The van der Waals surface area contributed by atoms with Crippen LogP contribution in [0.1, 0.15) is 35.2 Å². The first kappa shape index (κ1) is 22.3. The van der Waals surface area contributed by atoms with E-state index in [0.29, 0.717) is 34.9 Å². The van der Waals surface area contributed by atoms with Gasteiger partial charge in [-0.25, -0.2) is 8.42 Å². The minimum atomic E-state index is -3.32. The second-order valence-electron chi connectivity index (χ2n) is 7.86. The number of amides is 1. The molecular weight excluding hydrogens is 446 g/mol. The predicted octanol–water partition coefficient (Wildman–Crippen LogP) is 5.28. The van der Waals surface area contributed by atoms with Gasteiger partial charge in [0.05, 0.1) is 22.2 Å². The molecule has 0 saturated carbocycles. The highest BCUT2D eigenvalue weighted by atomic mass is 35.5. The van der Waals surface area contributed by atoms with Gasteiger partial charge in [0, 0.05) is 29.6 Å². The first-order valence-corrected chi connectivity index (χ1v) is 12.5. The monoisotopic (exact) mass is 469 g/mol. The second-order valence-corrected chi connectivity index (χ2v) is 10.3. The number of anilines is 2. The molecule has 166 valence electrons. The van der Waals surface area contributed by atoms with Gasteiger partial charge in [0.2, 0.25) is 10.0 Å². The minimum absolute atomic E-state index is 0.157. The van der Waals surface area contributed by atoms with Crippen LogP contribution in [0.2, 0.25) is 5.02 Å². The highest BCUT2D eigenvalue weighted by Crippen LogP contribution is 2.30. The summed E-state index contributed by atoms with van der Waals surface area (Å²) < 4.78 is 26.4. The lowest BCUT2D eigenvalue weighted by molar-refractivity contribution is 0.102. The largest absolute Gasteiger partial charge is 0.322 e. The standard InChI is InChI=1S/C24H24ClN3O3S/c1-17-11-12-26-23(15-17)21-16-19(7-10-22(21)25)27-24(29)18-5-8-20(9-6-18)28-13-3-2-4-14-32(28,30)31/h5-12,15-16H,2-4,13-14H2,1H3,(H,27,29). The maximum atomic E-state index is 12.8. The van der Waals surface area contributed by atoms with Crippen molar-refractivity contribution in [2.24, 2.45) is 0 Å². The molecule has 1 aliphatic rings. The maximum Gasteiger partial charge on any atom is 0.255 e. The summed E-state index contributed by atoms with van der Waals surface area (Å²) in [5.74, 6) is -0.134. The van der Waals surface area contributed by atoms with Crippen LogP contribution in [0.15, 0.2) is 60.8 Å². The summed E-state index contributed by atoms with van der Waals surface area (Å²) in [6, 6.07) is 15.7. The molecule has 2 aromatic carbocycles. The molecule has 2 heterocycles. The molecule has 0 aliphatic carbocycles. The van der Waals surface area contributed by atoms with Gasteiger partial charge in [-0.15, -0.1) is 0 Å². The van der Waals surface area contributed by atoms with E-state index in [2.05, 4.69) is 10.3 Å². The molecule has 32 heavy (non-hydrogen) atoms. The third kappa shape index (κ3) is 4.95. The fourth-order valence-electron chi connectivity index (χ4n) is 3.72. The quantitative estimate of drug-likeness (QED) is 0.563. The van der Waals surface area contributed by atoms with Crippen molar-refractivity contribution >= 4 is 38.9 Å². The summed E-state index contributed by atoms with van der Waals surface area (Å²) in [5.41, 5.74) is 4.14. The topological polar surface area (TPSA) is 79.4 Å². The second kappa shape index (κ2) is 9.30. The number of nitrogens with one attached hydrogen (secondary N) is 1. The molecule has 1 aliphatic heterocycles. The van der Waals surface area contributed by atoms with Crippen molar-refractivity contribution < 1.29 is 13.2 Å². The summed E-state index contributed by atoms with van der Waals surface area (Å²) in [6.07, 6.45) is 4.13. The Bertz CT molecular complexity index is 1240. The number of aromatic nitrogens is 1. The fourth-order valence-corrected chi connectivity index (χ4v) is 5.57. The molecule has 4 rings (SSSR count). The van der Waals surface area contributed by atoms with Crippen molar-refractivity contribution in [1.82, 2.24) is 4.98 Å². The molecule has 0 spiro atoms. The van der Waals surface area contributed by atoms with Gasteiger partial charge in [-0.1, -0.05) is 18.0 Å². The zero-order chi connectivity index (χ0) is 22.7. The van der Waals surface area contributed by atoms with E-state index in [9.17, 15) is 13.2 Å². The predicted molar refractivity (Wildman–Crippen MR) is 129 cm³/mol.